The lowest BCUT2D eigenvalue weighted by Crippen LogP contribution is -3.11. The summed E-state index contributed by atoms with van der Waals surface area (Å²) in [5.74, 6) is -1.58. The number of ketones is 1. The molecule has 2 aromatic rings. The van der Waals surface area contributed by atoms with E-state index in [0.29, 0.717) is 43.2 Å². The summed E-state index contributed by atoms with van der Waals surface area (Å²) in [6, 6.07) is 9.33. The predicted molar refractivity (Wildman–Crippen MR) is 133 cm³/mol. The molecule has 0 aromatic heterocycles. The maximum absolute atomic E-state index is 13.5. The maximum atomic E-state index is 13.5. The summed E-state index contributed by atoms with van der Waals surface area (Å²) in [4.78, 5) is 29.2. The number of likely N-dealkylation sites (tertiary alicyclic amines) is 1. The van der Waals surface area contributed by atoms with Crippen LogP contribution < -0.4 is 19.5 Å². The minimum absolute atomic E-state index is 0.131. The molecule has 1 aliphatic rings. The smallest absolute Gasteiger partial charge is 0.295 e. The van der Waals surface area contributed by atoms with Crippen molar-refractivity contribution in [2.24, 2.45) is 0 Å². The van der Waals surface area contributed by atoms with Crippen molar-refractivity contribution in [2.45, 2.75) is 40.2 Å². The standard InChI is InChI=1S/C28H35FN2O5/c1-5-30(6-2)16-9-17-31-25(20-12-15-22(35-7-3)23(18-20)36-8-4)24(27(33)28(31)34)26(32)19-10-13-21(29)14-11-19/h10-15,18,25,32H,5-9,16-17H2,1-4H3/b26-24+. The van der Waals surface area contributed by atoms with Crippen molar-refractivity contribution in [3.05, 3.63) is 65.0 Å². The van der Waals surface area contributed by atoms with Crippen molar-refractivity contribution < 1.29 is 33.5 Å². The lowest BCUT2D eigenvalue weighted by atomic mass is 9.95. The van der Waals surface area contributed by atoms with Gasteiger partial charge in [-0.15, -0.1) is 0 Å². The van der Waals surface area contributed by atoms with Crippen LogP contribution in [0.15, 0.2) is 48.0 Å². The molecule has 1 N–H and O–H groups in total. The summed E-state index contributed by atoms with van der Waals surface area (Å²) >= 11 is 0. The van der Waals surface area contributed by atoms with Gasteiger partial charge in [0, 0.05) is 18.5 Å². The fraction of sp³-hybridized carbons (Fsp3) is 0.429. The van der Waals surface area contributed by atoms with Crippen molar-refractivity contribution in [3.8, 4) is 11.5 Å². The Morgan fingerprint density at radius 1 is 0.972 bits per heavy atom. The van der Waals surface area contributed by atoms with Crippen LogP contribution in [0.5, 0.6) is 11.5 Å². The van der Waals surface area contributed by atoms with E-state index in [-0.39, 0.29) is 11.1 Å². The van der Waals surface area contributed by atoms with Crippen LogP contribution in [0.1, 0.15) is 51.3 Å². The molecule has 36 heavy (non-hydrogen) atoms. The van der Waals surface area contributed by atoms with Gasteiger partial charge in [-0.25, -0.2) is 4.39 Å². The summed E-state index contributed by atoms with van der Waals surface area (Å²) in [6.07, 6.45) is 0.680. The van der Waals surface area contributed by atoms with Gasteiger partial charge in [-0.2, -0.15) is 0 Å². The molecule has 0 radical (unpaired) electrons. The van der Waals surface area contributed by atoms with Crippen LogP contribution in [-0.2, 0) is 9.59 Å². The van der Waals surface area contributed by atoms with E-state index in [2.05, 4.69) is 13.8 Å². The van der Waals surface area contributed by atoms with E-state index >= 15 is 0 Å². The predicted octanol–water partition coefficient (Wildman–Crippen LogP) is 2.16. The zero-order valence-corrected chi connectivity index (χ0v) is 21.4. The van der Waals surface area contributed by atoms with Crippen LogP contribution in [0.2, 0.25) is 0 Å². The first-order chi connectivity index (χ1) is 17.4. The fourth-order valence-electron chi connectivity index (χ4n) is 4.54. The monoisotopic (exact) mass is 498 g/mol. The summed E-state index contributed by atoms with van der Waals surface area (Å²) in [7, 11) is 0. The molecule has 1 saturated heterocycles. The van der Waals surface area contributed by atoms with E-state index < -0.39 is 29.3 Å². The number of Topliss-reactive ketones (excluding diaryl/α,β-unsaturated/α-hetero) is 1. The number of quaternary nitrogens is 1. The Labute approximate surface area is 212 Å². The molecule has 0 bridgehead atoms. The summed E-state index contributed by atoms with van der Waals surface area (Å²) in [5.41, 5.74) is 0.609. The van der Waals surface area contributed by atoms with Gasteiger partial charge in [-0.05, 0) is 63.1 Å². The van der Waals surface area contributed by atoms with Crippen molar-refractivity contribution in [1.82, 2.24) is 4.90 Å². The average Bonchev–Trinajstić information content (AvgIpc) is 3.13. The van der Waals surface area contributed by atoms with Crippen LogP contribution in [0, 0.1) is 5.82 Å². The van der Waals surface area contributed by atoms with E-state index in [0.717, 1.165) is 19.6 Å². The number of amides is 1. The van der Waals surface area contributed by atoms with Gasteiger partial charge in [-0.3, -0.25) is 9.59 Å². The zero-order chi connectivity index (χ0) is 26.2. The first-order valence-corrected chi connectivity index (χ1v) is 12.6. The normalized spacial score (nSPS) is 17.2. The molecule has 2 aromatic carbocycles. The number of benzene rings is 2. The molecule has 1 heterocycles. The zero-order valence-electron chi connectivity index (χ0n) is 21.4. The summed E-state index contributed by atoms with van der Waals surface area (Å²) in [6.45, 7) is 11.9. The van der Waals surface area contributed by atoms with Crippen molar-refractivity contribution in [2.75, 3.05) is 39.4 Å². The Bertz CT molecular complexity index is 1100. The molecule has 1 unspecified atom stereocenters. The number of nitrogens with zero attached hydrogens (tertiary/aromatic N) is 1. The first-order valence-electron chi connectivity index (χ1n) is 12.6. The first kappa shape index (κ1) is 27.2. The second-order valence-electron chi connectivity index (χ2n) is 8.61. The Morgan fingerprint density at radius 2 is 1.61 bits per heavy atom. The number of carbonyl (C=O) groups is 2. The van der Waals surface area contributed by atoms with E-state index in [1.165, 1.54) is 34.1 Å². The van der Waals surface area contributed by atoms with Crippen LogP contribution >= 0.6 is 0 Å². The van der Waals surface area contributed by atoms with Gasteiger partial charge in [0.15, 0.2) is 11.5 Å². The molecule has 1 aliphatic heterocycles. The molecule has 194 valence electrons. The number of hydrogen-bond donors (Lipinski definition) is 1. The molecule has 7 nitrogen and oxygen atoms in total. The van der Waals surface area contributed by atoms with Crippen LogP contribution in [0.3, 0.4) is 0 Å². The number of carbonyl (C=O) groups excluding carboxylic acids is 2. The number of nitrogens with one attached hydrogen (secondary N) is 1. The van der Waals surface area contributed by atoms with Gasteiger partial charge in [0.05, 0.1) is 38.9 Å². The molecule has 1 atom stereocenters. The number of halogens is 1. The Hall–Kier alpha value is -3.39. The fourth-order valence-corrected chi connectivity index (χ4v) is 4.54. The Kier molecular flexibility index (Phi) is 9.47. The lowest BCUT2D eigenvalue weighted by Gasteiger charge is -2.28. The van der Waals surface area contributed by atoms with Crippen molar-refractivity contribution in [3.63, 3.8) is 0 Å². The lowest BCUT2D eigenvalue weighted by molar-refractivity contribution is -0.896. The van der Waals surface area contributed by atoms with Gasteiger partial charge < -0.3 is 24.4 Å². The van der Waals surface area contributed by atoms with Gasteiger partial charge in [0.2, 0.25) is 5.78 Å². The molecule has 8 heteroatoms. The third kappa shape index (κ3) is 5.87. The molecular formula is C28H35FN2O5. The highest BCUT2D eigenvalue weighted by Crippen LogP contribution is 2.41. The third-order valence-corrected chi connectivity index (χ3v) is 6.45. The minimum atomic E-state index is -0.871. The molecular weight excluding hydrogens is 463 g/mol. The van der Waals surface area contributed by atoms with E-state index in [4.69, 9.17) is 9.47 Å². The molecule has 1 fully saturated rings. The highest BCUT2D eigenvalue weighted by molar-refractivity contribution is 6.46. The van der Waals surface area contributed by atoms with Crippen LogP contribution in [-0.4, -0.2) is 56.0 Å². The number of hydrogen-bond acceptors (Lipinski definition) is 5. The number of rotatable bonds is 12. The highest BCUT2D eigenvalue weighted by Gasteiger charge is 2.44. The van der Waals surface area contributed by atoms with Gasteiger partial charge >= 0.3 is 0 Å². The molecule has 1 amide bonds. The van der Waals surface area contributed by atoms with Gasteiger partial charge in [0.25, 0.3) is 5.91 Å². The molecule has 0 saturated carbocycles. The van der Waals surface area contributed by atoms with Crippen molar-refractivity contribution in [1.29, 1.82) is 0 Å². The second kappa shape index (κ2) is 12.5. The third-order valence-electron chi connectivity index (χ3n) is 6.45. The largest absolute Gasteiger partial charge is 0.872 e. The van der Waals surface area contributed by atoms with Crippen LogP contribution in [0.25, 0.3) is 5.76 Å². The molecule has 3 rings (SSSR count). The van der Waals surface area contributed by atoms with E-state index in [1.54, 1.807) is 18.2 Å². The summed E-state index contributed by atoms with van der Waals surface area (Å²) in [5, 5.41) is 13.5. The van der Waals surface area contributed by atoms with E-state index in [9.17, 15) is 19.1 Å². The SMILES string of the molecule is CCOc1ccc(C2/C(=C(\[O-])c3ccc(F)cc3)C(=O)C(=O)N2CCC[NH+](CC)CC)cc1OCC. The van der Waals surface area contributed by atoms with Crippen molar-refractivity contribution >= 4 is 17.4 Å². The molecule has 0 aliphatic carbocycles. The Balaban J connectivity index is 2.09. The van der Waals surface area contributed by atoms with Gasteiger partial charge in [-0.1, -0.05) is 24.0 Å². The average molecular weight is 499 g/mol. The summed E-state index contributed by atoms with van der Waals surface area (Å²) < 4.78 is 24.9. The maximum Gasteiger partial charge on any atom is 0.295 e. The minimum Gasteiger partial charge on any atom is -0.872 e. The molecule has 0 spiro atoms. The van der Waals surface area contributed by atoms with E-state index in [1.807, 2.05) is 13.8 Å². The Morgan fingerprint density at radius 3 is 2.22 bits per heavy atom. The topological polar surface area (TPSA) is 83.3 Å². The quantitative estimate of drug-likeness (QED) is 0.276. The number of ether oxygens (including phenoxy) is 2. The van der Waals surface area contributed by atoms with Crippen LogP contribution in [0.4, 0.5) is 4.39 Å². The highest BCUT2D eigenvalue weighted by atomic mass is 19.1. The second-order valence-corrected chi connectivity index (χ2v) is 8.61. The van der Waals surface area contributed by atoms with Gasteiger partial charge in [0.1, 0.15) is 5.82 Å².